The predicted octanol–water partition coefficient (Wildman–Crippen LogP) is 3.29. The number of amides is 2. The van der Waals surface area contributed by atoms with Crippen LogP contribution in [-0.2, 0) is 20.9 Å². The van der Waals surface area contributed by atoms with E-state index in [1.807, 2.05) is 31.2 Å². The van der Waals surface area contributed by atoms with Gasteiger partial charge in [-0.25, -0.2) is 0 Å². The Hall–Kier alpha value is -2.12. The molecule has 7 atom stereocenters. The highest BCUT2D eigenvalue weighted by Gasteiger charge is 2.53. The van der Waals surface area contributed by atoms with Gasteiger partial charge in [-0.2, -0.15) is 0 Å². The number of hydrogen-bond donors (Lipinski definition) is 3. The molecule has 0 heterocycles. The summed E-state index contributed by atoms with van der Waals surface area (Å²) in [6, 6.07) is 7.68. The number of hydrogen-bond acceptors (Lipinski definition) is 5. The summed E-state index contributed by atoms with van der Waals surface area (Å²) >= 11 is 0. The summed E-state index contributed by atoms with van der Waals surface area (Å²) in [5.74, 6) is 0.543. The number of nitrogens with one attached hydrogen (secondary N) is 2. The maximum absolute atomic E-state index is 13.0. The van der Waals surface area contributed by atoms with Crippen LogP contribution in [0.2, 0.25) is 0 Å². The van der Waals surface area contributed by atoms with E-state index in [0.717, 1.165) is 37.0 Å². The third-order valence-corrected chi connectivity index (χ3v) is 8.45. The number of carbonyl (C=O) groups is 2. The van der Waals surface area contributed by atoms with Crippen molar-refractivity contribution in [2.24, 2.45) is 29.1 Å². The molecule has 190 valence electrons. The molecule has 0 radical (unpaired) electrons. The van der Waals surface area contributed by atoms with E-state index < -0.39 is 6.10 Å². The molecular formula is C27H42N2O5. The molecule has 2 aliphatic carbocycles. The van der Waals surface area contributed by atoms with Crippen molar-refractivity contribution in [3.63, 3.8) is 0 Å². The molecule has 0 aromatic heterocycles. The van der Waals surface area contributed by atoms with Crippen LogP contribution in [0, 0.1) is 29.1 Å². The zero-order valence-electron chi connectivity index (χ0n) is 21.3. The second-order valence-electron chi connectivity index (χ2n) is 10.5. The third-order valence-electron chi connectivity index (χ3n) is 8.45. The first-order valence-electron chi connectivity index (χ1n) is 12.6. The van der Waals surface area contributed by atoms with Crippen molar-refractivity contribution in [1.82, 2.24) is 10.6 Å². The summed E-state index contributed by atoms with van der Waals surface area (Å²) in [5, 5.41) is 17.7. The van der Waals surface area contributed by atoms with Gasteiger partial charge in [-0.1, -0.05) is 32.9 Å². The normalized spacial score (nSPS) is 31.8. The van der Waals surface area contributed by atoms with Gasteiger partial charge in [0.1, 0.15) is 5.75 Å². The average molecular weight is 475 g/mol. The van der Waals surface area contributed by atoms with Crippen molar-refractivity contribution >= 4 is 11.8 Å². The van der Waals surface area contributed by atoms with Gasteiger partial charge < -0.3 is 25.2 Å². The molecule has 2 aliphatic rings. The number of methoxy groups -OCH3 is 2. The van der Waals surface area contributed by atoms with Crippen LogP contribution in [0.1, 0.15) is 58.4 Å². The number of carbonyl (C=O) groups excluding carboxylic acids is 2. The standard InChI is InChI=1S/C27H42N2O5/c1-17(26(32)28-16-19-6-8-20(34-5)9-7-19)21-10-13-27(3)14-11-22(18(2)24(27)25(21)31)29-23(30)12-15-33-4/h6-9,17-18,21-22,24-25,31H,10-16H2,1-5H3,(H,28,32)(H,29,30)/t17-,18-,21-,22-,24+,25-,27+/m0/s1. The van der Waals surface area contributed by atoms with Gasteiger partial charge in [0.2, 0.25) is 11.8 Å². The molecule has 1 aromatic carbocycles. The Balaban J connectivity index is 1.62. The van der Waals surface area contributed by atoms with Gasteiger partial charge in [0.05, 0.1) is 19.8 Å². The van der Waals surface area contributed by atoms with E-state index in [2.05, 4.69) is 24.5 Å². The summed E-state index contributed by atoms with van der Waals surface area (Å²) in [6.07, 6.45) is 3.49. The van der Waals surface area contributed by atoms with Crippen LogP contribution in [0.15, 0.2) is 24.3 Å². The molecule has 7 heteroatoms. The molecule has 1 aromatic rings. The molecule has 0 saturated heterocycles. The van der Waals surface area contributed by atoms with E-state index in [9.17, 15) is 14.7 Å². The minimum Gasteiger partial charge on any atom is -0.497 e. The first-order valence-corrected chi connectivity index (χ1v) is 12.6. The maximum Gasteiger partial charge on any atom is 0.223 e. The fourth-order valence-electron chi connectivity index (χ4n) is 6.26. The molecule has 0 aliphatic heterocycles. The highest BCUT2D eigenvalue weighted by molar-refractivity contribution is 5.78. The lowest BCUT2D eigenvalue weighted by atomic mass is 9.51. The molecule has 7 nitrogen and oxygen atoms in total. The smallest absolute Gasteiger partial charge is 0.223 e. The van der Waals surface area contributed by atoms with E-state index in [1.165, 1.54) is 0 Å². The molecule has 0 spiro atoms. The van der Waals surface area contributed by atoms with Crippen LogP contribution in [0.5, 0.6) is 5.75 Å². The first kappa shape index (κ1) is 26.5. The van der Waals surface area contributed by atoms with Crippen molar-refractivity contribution < 1.29 is 24.2 Å². The monoisotopic (exact) mass is 474 g/mol. The average Bonchev–Trinajstić information content (AvgIpc) is 2.83. The lowest BCUT2D eigenvalue weighted by Crippen LogP contribution is -2.58. The highest BCUT2D eigenvalue weighted by Crippen LogP contribution is 2.55. The Morgan fingerprint density at radius 3 is 2.50 bits per heavy atom. The SMILES string of the molecule is COCCC(=O)N[C@H]1CC[C@@]2(C)CC[C@@H]([C@H](C)C(=O)NCc3ccc(OC)cc3)[C@H](O)[C@H]2[C@H]1C. The van der Waals surface area contributed by atoms with Crippen LogP contribution >= 0.6 is 0 Å². The topological polar surface area (TPSA) is 96.9 Å². The van der Waals surface area contributed by atoms with Crippen molar-refractivity contribution in [3.05, 3.63) is 29.8 Å². The number of aliphatic hydroxyl groups is 1. The van der Waals surface area contributed by atoms with Crippen molar-refractivity contribution in [3.8, 4) is 5.75 Å². The Labute approximate surface area is 204 Å². The van der Waals surface area contributed by atoms with Gasteiger partial charge in [-0.3, -0.25) is 9.59 Å². The van der Waals surface area contributed by atoms with Gasteiger partial charge in [-0.05, 0) is 66.5 Å². The summed E-state index contributed by atoms with van der Waals surface area (Å²) in [5.41, 5.74) is 1.04. The summed E-state index contributed by atoms with van der Waals surface area (Å²) < 4.78 is 10.2. The maximum atomic E-state index is 13.0. The van der Waals surface area contributed by atoms with Crippen molar-refractivity contribution in [1.29, 1.82) is 0 Å². The van der Waals surface area contributed by atoms with E-state index in [0.29, 0.717) is 19.6 Å². The van der Waals surface area contributed by atoms with E-state index in [-0.39, 0.29) is 46.9 Å². The van der Waals surface area contributed by atoms with Gasteiger partial charge in [0.25, 0.3) is 0 Å². The number of aliphatic hydroxyl groups excluding tert-OH is 1. The zero-order chi connectivity index (χ0) is 24.9. The van der Waals surface area contributed by atoms with Crippen LogP contribution < -0.4 is 15.4 Å². The van der Waals surface area contributed by atoms with Crippen LogP contribution in [0.3, 0.4) is 0 Å². The Kier molecular flexibility index (Phi) is 8.99. The molecule has 0 bridgehead atoms. The van der Waals surface area contributed by atoms with Gasteiger partial charge >= 0.3 is 0 Å². The first-order chi connectivity index (χ1) is 16.2. The van der Waals surface area contributed by atoms with Crippen LogP contribution in [0.25, 0.3) is 0 Å². The van der Waals surface area contributed by atoms with Gasteiger partial charge in [0.15, 0.2) is 0 Å². The summed E-state index contributed by atoms with van der Waals surface area (Å²) in [7, 11) is 3.22. The minimum atomic E-state index is -0.575. The molecule has 2 amide bonds. The second-order valence-corrected chi connectivity index (χ2v) is 10.5. The van der Waals surface area contributed by atoms with E-state index >= 15 is 0 Å². The zero-order valence-corrected chi connectivity index (χ0v) is 21.3. The van der Waals surface area contributed by atoms with Crippen LogP contribution in [-0.4, -0.2) is 49.9 Å². The molecular weight excluding hydrogens is 432 g/mol. The molecule has 3 rings (SSSR count). The Morgan fingerprint density at radius 2 is 1.85 bits per heavy atom. The van der Waals surface area contributed by atoms with Crippen LogP contribution in [0.4, 0.5) is 0 Å². The lowest BCUT2D eigenvalue weighted by Gasteiger charge is -2.56. The highest BCUT2D eigenvalue weighted by atomic mass is 16.5. The number of rotatable bonds is 9. The number of benzene rings is 1. The fraction of sp³-hybridized carbons (Fsp3) is 0.704. The Bertz CT molecular complexity index is 829. The van der Waals surface area contributed by atoms with Crippen molar-refractivity contribution in [2.75, 3.05) is 20.8 Å². The predicted molar refractivity (Wildman–Crippen MR) is 131 cm³/mol. The number of fused-ring (bicyclic) bond motifs is 1. The van der Waals surface area contributed by atoms with Gasteiger partial charge in [0, 0.05) is 32.0 Å². The lowest BCUT2D eigenvalue weighted by molar-refractivity contribution is -0.144. The molecule has 3 N–H and O–H groups in total. The largest absolute Gasteiger partial charge is 0.497 e. The number of ether oxygens (including phenoxy) is 2. The molecule has 2 fully saturated rings. The minimum absolute atomic E-state index is 0.00423. The third kappa shape index (κ3) is 5.92. The quantitative estimate of drug-likeness (QED) is 0.510. The van der Waals surface area contributed by atoms with Crippen molar-refractivity contribution in [2.45, 2.75) is 71.6 Å². The van der Waals surface area contributed by atoms with Gasteiger partial charge in [-0.15, -0.1) is 0 Å². The molecule has 0 unspecified atom stereocenters. The molecule has 2 saturated carbocycles. The Morgan fingerprint density at radius 1 is 1.18 bits per heavy atom. The fourth-order valence-corrected chi connectivity index (χ4v) is 6.26. The molecule has 34 heavy (non-hydrogen) atoms. The van der Waals surface area contributed by atoms with E-state index in [1.54, 1.807) is 14.2 Å². The summed E-state index contributed by atoms with van der Waals surface area (Å²) in [4.78, 5) is 25.3. The summed E-state index contributed by atoms with van der Waals surface area (Å²) in [6.45, 7) is 7.19. The van der Waals surface area contributed by atoms with E-state index in [4.69, 9.17) is 9.47 Å². The second kappa shape index (κ2) is 11.5.